The van der Waals surface area contributed by atoms with E-state index in [1.807, 2.05) is 32.9 Å². The molecular weight excluding hydrogens is 330 g/mol. The number of aryl methyl sites for hydroxylation is 3. The molecule has 2 amide bonds. The Labute approximate surface area is 154 Å². The second kappa shape index (κ2) is 9.10. The number of hydrogen-bond acceptors (Lipinski definition) is 4. The standard InChI is InChI=1S/C20H25N3O3/c1-13-10-14(2)18(15(3)11-13)23-20(25)17-12-16(6-8-21-17)19(24)22-7-5-9-26-4/h6,8,10-12H,5,7,9H2,1-4H3,(H,22,24)(H,23,25). The number of amides is 2. The van der Waals surface area contributed by atoms with E-state index in [1.165, 1.54) is 12.3 Å². The van der Waals surface area contributed by atoms with Gasteiger partial charge in [0.1, 0.15) is 5.69 Å². The maximum Gasteiger partial charge on any atom is 0.274 e. The molecule has 6 heteroatoms. The van der Waals surface area contributed by atoms with Gasteiger partial charge >= 0.3 is 0 Å². The molecule has 0 saturated carbocycles. The molecule has 0 atom stereocenters. The van der Waals surface area contributed by atoms with Crippen LogP contribution < -0.4 is 10.6 Å². The third-order valence-electron chi connectivity index (χ3n) is 3.98. The summed E-state index contributed by atoms with van der Waals surface area (Å²) in [5.41, 5.74) is 4.50. The van der Waals surface area contributed by atoms with Crippen molar-refractivity contribution >= 4 is 17.5 Å². The molecule has 0 aliphatic rings. The van der Waals surface area contributed by atoms with E-state index in [0.29, 0.717) is 18.7 Å². The minimum absolute atomic E-state index is 0.203. The minimum Gasteiger partial charge on any atom is -0.385 e. The molecule has 2 rings (SSSR count). The first-order valence-electron chi connectivity index (χ1n) is 8.54. The molecule has 1 aromatic carbocycles. The van der Waals surface area contributed by atoms with Gasteiger partial charge in [0, 0.05) is 37.7 Å². The molecule has 0 spiro atoms. The van der Waals surface area contributed by atoms with Crippen LogP contribution in [0.5, 0.6) is 0 Å². The lowest BCUT2D eigenvalue weighted by molar-refractivity contribution is 0.0948. The number of pyridine rings is 1. The van der Waals surface area contributed by atoms with Gasteiger partial charge in [-0.15, -0.1) is 0 Å². The zero-order valence-corrected chi connectivity index (χ0v) is 15.7. The fraction of sp³-hybridized carbons (Fsp3) is 0.350. The van der Waals surface area contributed by atoms with Crippen LogP contribution in [0, 0.1) is 20.8 Å². The van der Waals surface area contributed by atoms with E-state index >= 15 is 0 Å². The summed E-state index contributed by atoms with van der Waals surface area (Å²) in [6.45, 7) is 7.01. The van der Waals surface area contributed by atoms with Gasteiger partial charge in [-0.05, 0) is 50.5 Å². The molecule has 1 heterocycles. The highest BCUT2D eigenvalue weighted by Crippen LogP contribution is 2.22. The number of rotatable bonds is 7. The first-order chi connectivity index (χ1) is 12.4. The highest BCUT2D eigenvalue weighted by molar-refractivity contribution is 6.05. The fourth-order valence-corrected chi connectivity index (χ4v) is 2.77. The Balaban J connectivity index is 2.10. The smallest absolute Gasteiger partial charge is 0.274 e. The number of benzene rings is 1. The van der Waals surface area contributed by atoms with Crippen molar-refractivity contribution < 1.29 is 14.3 Å². The highest BCUT2D eigenvalue weighted by Gasteiger charge is 2.14. The molecule has 0 radical (unpaired) electrons. The van der Waals surface area contributed by atoms with Gasteiger partial charge in [-0.25, -0.2) is 0 Å². The second-order valence-electron chi connectivity index (χ2n) is 6.26. The van der Waals surface area contributed by atoms with Crippen LogP contribution in [-0.4, -0.2) is 37.1 Å². The maximum absolute atomic E-state index is 12.6. The Morgan fingerprint density at radius 2 is 1.77 bits per heavy atom. The van der Waals surface area contributed by atoms with Crippen molar-refractivity contribution in [1.82, 2.24) is 10.3 Å². The van der Waals surface area contributed by atoms with Gasteiger partial charge in [0.05, 0.1) is 0 Å². The normalized spacial score (nSPS) is 10.5. The topological polar surface area (TPSA) is 80.3 Å². The number of ether oxygens (including phenoxy) is 1. The number of hydrogen-bond donors (Lipinski definition) is 2. The van der Waals surface area contributed by atoms with Gasteiger partial charge in [0.25, 0.3) is 11.8 Å². The minimum atomic E-state index is -0.339. The molecule has 6 nitrogen and oxygen atoms in total. The van der Waals surface area contributed by atoms with Crippen LogP contribution in [0.4, 0.5) is 5.69 Å². The average molecular weight is 355 g/mol. The van der Waals surface area contributed by atoms with Crippen molar-refractivity contribution in [3.8, 4) is 0 Å². The lowest BCUT2D eigenvalue weighted by atomic mass is 10.0. The molecule has 2 aromatic rings. The van der Waals surface area contributed by atoms with Crippen LogP contribution >= 0.6 is 0 Å². The zero-order chi connectivity index (χ0) is 19.1. The van der Waals surface area contributed by atoms with Crippen LogP contribution in [-0.2, 0) is 4.74 Å². The molecule has 0 bridgehead atoms. The molecule has 138 valence electrons. The predicted octanol–water partition coefficient (Wildman–Crippen LogP) is 3.03. The van der Waals surface area contributed by atoms with Crippen molar-refractivity contribution in [2.45, 2.75) is 27.2 Å². The van der Waals surface area contributed by atoms with E-state index in [-0.39, 0.29) is 17.5 Å². The molecule has 0 fully saturated rings. The Bertz CT molecular complexity index is 780. The summed E-state index contributed by atoms with van der Waals surface area (Å²) >= 11 is 0. The van der Waals surface area contributed by atoms with Gasteiger partial charge in [-0.1, -0.05) is 17.7 Å². The number of aromatic nitrogens is 1. The van der Waals surface area contributed by atoms with Crippen LogP contribution in [0.25, 0.3) is 0 Å². The van der Waals surface area contributed by atoms with Gasteiger partial charge in [-0.2, -0.15) is 0 Å². The number of carbonyl (C=O) groups excluding carboxylic acids is 2. The summed E-state index contributed by atoms with van der Waals surface area (Å²) < 4.78 is 4.95. The SMILES string of the molecule is COCCCNC(=O)c1ccnc(C(=O)Nc2c(C)cc(C)cc2C)c1. The van der Waals surface area contributed by atoms with E-state index in [4.69, 9.17) is 4.74 Å². The highest BCUT2D eigenvalue weighted by atomic mass is 16.5. The van der Waals surface area contributed by atoms with Crippen molar-refractivity contribution in [3.63, 3.8) is 0 Å². The van der Waals surface area contributed by atoms with Crippen molar-refractivity contribution in [2.24, 2.45) is 0 Å². The van der Waals surface area contributed by atoms with E-state index in [0.717, 1.165) is 28.8 Å². The van der Waals surface area contributed by atoms with E-state index in [1.54, 1.807) is 13.2 Å². The summed E-state index contributed by atoms with van der Waals surface area (Å²) in [6.07, 6.45) is 2.19. The van der Waals surface area contributed by atoms with Crippen molar-refractivity contribution in [3.05, 3.63) is 58.4 Å². The summed E-state index contributed by atoms with van der Waals surface area (Å²) in [5.74, 6) is -0.575. The molecule has 0 aliphatic heterocycles. The second-order valence-corrected chi connectivity index (χ2v) is 6.26. The van der Waals surface area contributed by atoms with Crippen LogP contribution in [0.3, 0.4) is 0 Å². The third kappa shape index (κ3) is 5.13. The first kappa shape index (κ1) is 19.6. The van der Waals surface area contributed by atoms with E-state index < -0.39 is 0 Å². The molecule has 26 heavy (non-hydrogen) atoms. The van der Waals surface area contributed by atoms with E-state index in [9.17, 15) is 9.59 Å². The summed E-state index contributed by atoms with van der Waals surface area (Å²) in [6, 6.07) is 7.12. The number of nitrogens with one attached hydrogen (secondary N) is 2. The number of anilines is 1. The Morgan fingerprint density at radius 1 is 1.08 bits per heavy atom. The van der Waals surface area contributed by atoms with Gasteiger partial charge < -0.3 is 15.4 Å². The number of nitrogens with zero attached hydrogens (tertiary/aromatic N) is 1. The Kier molecular flexibility index (Phi) is 6.86. The largest absolute Gasteiger partial charge is 0.385 e. The van der Waals surface area contributed by atoms with Crippen molar-refractivity contribution in [2.75, 3.05) is 25.6 Å². The van der Waals surface area contributed by atoms with Gasteiger partial charge in [0.15, 0.2) is 0 Å². The molecule has 0 aliphatic carbocycles. The quantitative estimate of drug-likeness (QED) is 0.748. The molecule has 1 aromatic heterocycles. The lowest BCUT2D eigenvalue weighted by Gasteiger charge is -2.13. The average Bonchev–Trinajstić information content (AvgIpc) is 2.61. The number of methoxy groups -OCH3 is 1. The van der Waals surface area contributed by atoms with Crippen LogP contribution in [0.15, 0.2) is 30.5 Å². The molecular formula is C20H25N3O3. The van der Waals surface area contributed by atoms with Crippen LogP contribution in [0.1, 0.15) is 44.0 Å². The first-order valence-corrected chi connectivity index (χ1v) is 8.54. The zero-order valence-electron chi connectivity index (χ0n) is 15.7. The fourth-order valence-electron chi connectivity index (χ4n) is 2.77. The summed E-state index contributed by atoms with van der Waals surface area (Å²) in [4.78, 5) is 28.8. The van der Waals surface area contributed by atoms with E-state index in [2.05, 4.69) is 15.6 Å². The number of carbonyl (C=O) groups is 2. The third-order valence-corrected chi connectivity index (χ3v) is 3.98. The summed E-state index contributed by atoms with van der Waals surface area (Å²) in [5, 5.41) is 5.69. The lowest BCUT2D eigenvalue weighted by Crippen LogP contribution is -2.26. The van der Waals surface area contributed by atoms with Gasteiger partial charge in [-0.3, -0.25) is 14.6 Å². The molecule has 2 N–H and O–H groups in total. The Morgan fingerprint density at radius 3 is 2.42 bits per heavy atom. The molecule has 0 saturated heterocycles. The molecule has 0 unspecified atom stereocenters. The monoisotopic (exact) mass is 355 g/mol. The predicted molar refractivity (Wildman–Crippen MR) is 102 cm³/mol. The van der Waals surface area contributed by atoms with Gasteiger partial charge in [0.2, 0.25) is 0 Å². The van der Waals surface area contributed by atoms with Crippen molar-refractivity contribution in [1.29, 1.82) is 0 Å². The maximum atomic E-state index is 12.6. The Hall–Kier alpha value is -2.73. The van der Waals surface area contributed by atoms with Crippen LogP contribution in [0.2, 0.25) is 0 Å². The summed E-state index contributed by atoms with van der Waals surface area (Å²) in [7, 11) is 1.62.